The van der Waals surface area contributed by atoms with Gasteiger partial charge in [0.05, 0.1) is 26.0 Å². The van der Waals surface area contributed by atoms with Crippen LogP contribution in [0.3, 0.4) is 0 Å². The Balaban J connectivity index is 1.53. The van der Waals surface area contributed by atoms with Crippen LogP contribution in [0.1, 0.15) is 21.5 Å². The number of hydrogen-bond donors (Lipinski definition) is 2. The number of esters is 1. The number of amides is 2. The summed E-state index contributed by atoms with van der Waals surface area (Å²) >= 11 is 0. The lowest BCUT2D eigenvalue weighted by atomic mass is 10.2. The van der Waals surface area contributed by atoms with E-state index in [0.717, 1.165) is 5.56 Å². The molecule has 9 nitrogen and oxygen atoms in total. The number of hydrazone groups is 1. The SMILES string of the molecule is COc1ccc(C(=O)Oc2ccc(/C=N\NC(=O)C(=O)Nc3ccc(C)cc3)cc2)cc1OC. The Morgan fingerprint density at radius 3 is 2.15 bits per heavy atom. The highest BCUT2D eigenvalue weighted by atomic mass is 16.5. The molecule has 3 rings (SSSR count). The normalized spacial score (nSPS) is 10.4. The van der Waals surface area contributed by atoms with E-state index in [9.17, 15) is 14.4 Å². The van der Waals surface area contributed by atoms with Gasteiger partial charge in [-0.1, -0.05) is 17.7 Å². The lowest BCUT2D eigenvalue weighted by Gasteiger charge is -2.09. The second kappa shape index (κ2) is 11.3. The average molecular weight is 461 g/mol. The molecular formula is C25H23N3O6. The summed E-state index contributed by atoms with van der Waals surface area (Å²) in [4.78, 5) is 36.2. The number of nitrogens with one attached hydrogen (secondary N) is 2. The summed E-state index contributed by atoms with van der Waals surface area (Å²) in [5.74, 6) is -1.07. The molecule has 0 spiro atoms. The highest BCUT2D eigenvalue weighted by Gasteiger charge is 2.14. The molecule has 0 heterocycles. The number of anilines is 1. The van der Waals surface area contributed by atoms with Crippen molar-refractivity contribution in [2.45, 2.75) is 6.92 Å². The van der Waals surface area contributed by atoms with Gasteiger partial charge in [-0.3, -0.25) is 9.59 Å². The fourth-order valence-corrected chi connectivity index (χ4v) is 2.79. The van der Waals surface area contributed by atoms with Crippen LogP contribution in [0.5, 0.6) is 17.2 Å². The minimum Gasteiger partial charge on any atom is -0.493 e. The Kier molecular flexibility index (Phi) is 7.96. The van der Waals surface area contributed by atoms with Crippen molar-refractivity contribution in [2.24, 2.45) is 5.10 Å². The predicted molar refractivity (Wildman–Crippen MR) is 126 cm³/mol. The highest BCUT2D eigenvalue weighted by molar-refractivity contribution is 6.39. The summed E-state index contributed by atoms with van der Waals surface area (Å²) in [6, 6.07) is 18.2. The van der Waals surface area contributed by atoms with E-state index in [2.05, 4.69) is 15.8 Å². The summed E-state index contributed by atoms with van der Waals surface area (Å²) < 4.78 is 15.7. The maximum atomic E-state index is 12.4. The Morgan fingerprint density at radius 2 is 1.50 bits per heavy atom. The molecule has 0 fully saturated rings. The maximum absolute atomic E-state index is 12.4. The number of ether oxygens (including phenoxy) is 3. The third kappa shape index (κ3) is 6.42. The van der Waals surface area contributed by atoms with Gasteiger partial charge < -0.3 is 19.5 Å². The molecule has 34 heavy (non-hydrogen) atoms. The van der Waals surface area contributed by atoms with Gasteiger partial charge in [-0.05, 0) is 67.1 Å². The Hall–Kier alpha value is -4.66. The van der Waals surface area contributed by atoms with Crippen LogP contribution in [-0.2, 0) is 9.59 Å². The van der Waals surface area contributed by atoms with Crippen LogP contribution in [0.25, 0.3) is 0 Å². The summed E-state index contributed by atoms with van der Waals surface area (Å²) in [5, 5.41) is 6.26. The van der Waals surface area contributed by atoms with E-state index in [1.807, 2.05) is 19.1 Å². The van der Waals surface area contributed by atoms with Crippen LogP contribution in [-0.4, -0.2) is 38.2 Å². The van der Waals surface area contributed by atoms with Crippen molar-refractivity contribution in [3.05, 3.63) is 83.4 Å². The number of carbonyl (C=O) groups is 3. The minimum atomic E-state index is -0.905. The molecule has 3 aromatic carbocycles. The van der Waals surface area contributed by atoms with Crippen molar-refractivity contribution >= 4 is 29.7 Å². The molecule has 0 saturated heterocycles. The fourth-order valence-electron chi connectivity index (χ4n) is 2.79. The Labute approximate surface area is 196 Å². The molecule has 0 unspecified atom stereocenters. The van der Waals surface area contributed by atoms with Gasteiger partial charge in [0.1, 0.15) is 5.75 Å². The number of carbonyl (C=O) groups excluding carboxylic acids is 3. The van der Waals surface area contributed by atoms with Gasteiger partial charge in [0, 0.05) is 5.69 Å². The van der Waals surface area contributed by atoms with Gasteiger partial charge in [-0.2, -0.15) is 5.10 Å². The van der Waals surface area contributed by atoms with Crippen LogP contribution in [0.2, 0.25) is 0 Å². The lowest BCUT2D eigenvalue weighted by Crippen LogP contribution is -2.32. The van der Waals surface area contributed by atoms with Crippen molar-refractivity contribution in [1.82, 2.24) is 5.43 Å². The van der Waals surface area contributed by atoms with Gasteiger partial charge >= 0.3 is 17.8 Å². The summed E-state index contributed by atoms with van der Waals surface area (Å²) in [6.07, 6.45) is 1.36. The Morgan fingerprint density at radius 1 is 0.824 bits per heavy atom. The zero-order chi connectivity index (χ0) is 24.5. The van der Waals surface area contributed by atoms with Crippen LogP contribution < -0.4 is 25.0 Å². The number of benzene rings is 3. The molecule has 0 saturated carbocycles. The van der Waals surface area contributed by atoms with Gasteiger partial charge in [0.2, 0.25) is 0 Å². The molecule has 0 aliphatic heterocycles. The molecule has 0 radical (unpaired) electrons. The molecule has 0 aromatic heterocycles. The monoisotopic (exact) mass is 461 g/mol. The topological polar surface area (TPSA) is 115 Å². The molecule has 3 aromatic rings. The molecule has 0 atom stereocenters. The van der Waals surface area contributed by atoms with Gasteiger partial charge in [0.15, 0.2) is 11.5 Å². The third-order valence-electron chi connectivity index (χ3n) is 4.61. The van der Waals surface area contributed by atoms with Crippen LogP contribution >= 0.6 is 0 Å². The van der Waals surface area contributed by atoms with Crippen LogP contribution in [0, 0.1) is 6.92 Å². The number of rotatable bonds is 7. The first kappa shape index (κ1) is 24.0. The van der Waals surface area contributed by atoms with E-state index >= 15 is 0 Å². The molecule has 0 aliphatic rings. The third-order valence-corrected chi connectivity index (χ3v) is 4.61. The smallest absolute Gasteiger partial charge is 0.343 e. The van der Waals surface area contributed by atoms with Crippen LogP contribution in [0.15, 0.2) is 71.8 Å². The molecule has 2 amide bonds. The highest BCUT2D eigenvalue weighted by Crippen LogP contribution is 2.28. The number of nitrogens with zero attached hydrogens (tertiary/aromatic N) is 1. The van der Waals surface area contributed by atoms with E-state index < -0.39 is 17.8 Å². The van der Waals surface area contributed by atoms with Crippen molar-refractivity contribution in [3.8, 4) is 17.2 Å². The summed E-state index contributed by atoms with van der Waals surface area (Å²) in [6.45, 7) is 1.92. The number of hydrogen-bond acceptors (Lipinski definition) is 7. The molecule has 9 heteroatoms. The first-order valence-corrected chi connectivity index (χ1v) is 10.1. The van der Waals surface area contributed by atoms with Crippen molar-refractivity contribution in [3.63, 3.8) is 0 Å². The lowest BCUT2D eigenvalue weighted by molar-refractivity contribution is -0.136. The quantitative estimate of drug-likeness (QED) is 0.183. The zero-order valence-electron chi connectivity index (χ0n) is 18.8. The van der Waals surface area contributed by atoms with Crippen molar-refractivity contribution in [1.29, 1.82) is 0 Å². The minimum absolute atomic E-state index is 0.301. The second-order valence-corrected chi connectivity index (χ2v) is 7.05. The maximum Gasteiger partial charge on any atom is 0.343 e. The van der Waals surface area contributed by atoms with Gasteiger partial charge in [-0.15, -0.1) is 0 Å². The van der Waals surface area contributed by atoms with E-state index in [1.165, 1.54) is 26.5 Å². The molecule has 174 valence electrons. The first-order chi connectivity index (χ1) is 16.4. The van der Waals surface area contributed by atoms with Crippen LogP contribution in [0.4, 0.5) is 5.69 Å². The first-order valence-electron chi connectivity index (χ1n) is 10.1. The number of aryl methyl sites for hydroxylation is 1. The summed E-state index contributed by atoms with van der Waals surface area (Å²) in [7, 11) is 2.98. The van der Waals surface area contributed by atoms with Gasteiger partial charge in [0.25, 0.3) is 0 Å². The molecule has 0 aliphatic carbocycles. The number of methoxy groups -OCH3 is 2. The van der Waals surface area contributed by atoms with E-state index in [4.69, 9.17) is 14.2 Å². The summed E-state index contributed by atoms with van der Waals surface area (Å²) in [5.41, 5.74) is 4.62. The second-order valence-electron chi connectivity index (χ2n) is 7.05. The van der Waals surface area contributed by atoms with E-state index in [1.54, 1.807) is 48.5 Å². The molecular weight excluding hydrogens is 438 g/mol. The van der Waals surface area contributed by atoms with Crippen molar-refractivity contribution < 1.29 is 28.6 Å². The fraction of sp³-hybridized carbons (Fsp3) is 0.120. The largest absolute Gasteiger partial charge is 0.493 e. The van der Waals surface area contributed by atoms with Crippen molar-refractivity contribution in [2.75, 3.05) is 19.5 Å². The zero-order valence-corrected chi connectivity index (χ0v) is 18.8. The standard InChI is InChI=1S/C25H23N3O6/c1-16-4-9-19(10-5-16)27-23(29)24(30)28-26-15-17-6-11-20(12-7-17)34-25(31)18-8-13-21(32-2)22(14-18)33-3/h4-15H,1-3H3,(H,27,29)(H,28,30)/b26-15-. The van der Waals surface area contributed by atoms with E-state index in [0.29, 0.717) is 34.1 Å². The molecule has 2 N–H and O–H groups in total. The van der Waals surface area contributed by atoms with E-state index in [-0.39, 0.29) is 0 Å². The van der Waals surface area contributed by atoms with Gasteiger partial charge in [-0.25, -0.2) is 10.2 Å². The Bertz CT molecular complexity index is 1200. The molecule has 0 bridgehead atoms. The average Bonchev–Trinajstić information content (AvgIpc) is 2.85. The predicted octanol–water partition coefficient (Wildman–Crippen LogP) is 3.32.